The summed E-state index contributed by atoms with van der Waals surface area (Å²) in [6.07, 6.45) is 3.11. The minimum atomic E-state index is 0.180. The van der Waals surface area contributed by atoms with E-state index in [1.165, 1.54) is 0 Å². The first kappa shape index (κ1) is 13.5. The van der Waals surface area contributed by atoms with Gasteiger partial charge in [0.05, 0.1) is 11.8 Å². The van der Waals surface area contributed by atoms with E-state index in [1.807, 2.05) is 49.0 Å². The molecule has 0 atom stereocenters. The number of hydrogen-bond acceptors (Lipinski definition) is 3. The summed E-state index contributed by atoms with van der Waals surface area (Å²) in [7, 11) is 0. The fourth-order valence-corrected chi connectivity index (χ4v) is 1.97. The summed E-state index contributed by atoms with van der Waals surface area (Å²) in [4.78, 5) is 0. The maximum atomic E-state index is 6.01. The predicted octanol–water partition coefficient (Wildman–Crippen LogP) is 3.33. The van der Waals surface area contributed by atoms with Gasteiger partial charge in [-0.1, -0.05) is 6.92 Å². The lowest BCUT2D eigenvalue weighted by atomic mass is 10.1. The molecule has 0 spiro atoms. The number of nitrogens with two attached hydrogens (primary N) is 1. The van der Waals surface area contributed by atoms with Crippen LogP contribution >= 0.6 is 0 Å². The standard InChI is InChI=1S/C15H21N3O/c1-4-9-18-10-14(16)15(17-18)12-5-7-13(8-6-12)19-11(2)3/h5-8,10-11H,4,9,16H2,1-3H3. The van der Waals surface area contributed by atoms with Crippen molar-refractivity contribution < 1.29 is 4.74 Å². The molecular weight excluding hydrogens is 238 g/mol. The van der Waals surface area contributed by atoms with E-state index in [4.69, 9.17) is 10.5 Å². The molecule has 1 aromatic heterocycles. The Morgan fingerprint density at radius 2 is 1.95 bits per heavy atom. The van der Waals surface area contributed by atoms with E-state index in [-0.39, 0.29) is 6.10 Å². The van der Waals surface area contributed by atoms with E-state index >= 15 is 0 Å². The molecule has 2 rings (SSSR count). The molecule has 102 valence electrons. The molecule has 2 N–H and O–H groups in total. The molecule has 0 saturated heterocycles. The summed E-state index contributed by atoms with van der Waals surface area (Å²) in [5.41, 5.74) is 8.58. The lowest BCUT2D eigenvalue weighted by Crippen LogP contribution is -2.05. The van der Waals surface area contributed by atoms with Crippen LogP contribution in [0.5, 0.6) is 5.75 Å². The van der Waals surface area contributed by atoms with E-state index < -0.39 is 0 Å². The number of rotatable bonds is 5. The largest absolute Gasteiger partial charge is 0.491 e. The van der Waals surface area contributed by atoms with Gasteiger partial charge in [0.1, 0.15) is 11.4 Å². The zero-order valence-corrected chi connectivity index (χ0v) is 11.8. The van der Waals surface area contributed by atoms with Crippen molar-refractivity contribution in [2.75, 3.05) is 5.73 Å². The highest BCUT2D eigenvalue weighted by molar-refractivity contribution is 5.72. The second-order valence-corrected chi connectivity index (χ2v) is 4.89. The van der Waals surface area contributed by atoms with Crippen LogP contribution in [-0.4, -0.2) is 15.9 Å². The smallest absolute Gasteiger partial charge is 0.119 e. The van der Waals surface area contributed by atoms with Gasteiger partial charge in [-0.2, -0.15) is 5.10 Å². The van der Waals surface area contributed by atoms with Crippen molar-refractivity contribution in [3.63, 3.8) is 0 Å². The number of ether oxygens (including phenoxy) is 1. The van der Waals surface area contributed by atoms with E-state index in [9.17, 15) is 0 Å². The number of nitrogen functional groups attached to an aromatic ring is 1. The van der Waals surface area contributed by atoms with Crippen molar-refractivity contribution in [1.82, 2.24) is 9.78 Å². The number of anilines is 1. The van der Waals surface area contributed by atoms with E-state index in [1.54, 1.807) is 0 Å². The number of benzene rings is 1. The highest BCUT2D eigenvalue weighted by atomic mass is 16.5. The van der Waals surface area contributed by atoms with Crippen LogP contribution in [0.1, 0.15) is 27.2 Å². The van der Waals surface area contributed by atoms with E-state index in [0.29, 0.717) is 5.69 Å². The summed E-state index contributed by atoms with van der Waals surface area (Å²) in [5.74, 6) is 0.866. The SMILES string of the molecule is CCCn1cc(N)c(-c2ccc(OC(C)C)cc2)n1. The molecule has 0 saturated carbocycles. The minimum absolute atomic E-state index is 0.180. The normalized spacial score (nSPS) is 10.9. The summed E-state index contributed by atoms with van der Waals surface area (Å²) in [5, 5.41) is 4.51. The van der Waals surface area contributed by atoms with Gasteiger partial charge < -0.3 is 10.5 Å². The van der Waals surface area contributed by atoms with Gasteiger partial charge in [0.15, 0.2) is 0 Å². The van der Waals surface area contributed by atoms with Crippen LogP contribution in [0.15, 0.2) is 30.5 Å². The van der Waals surface area contributed by atoms with Gasteiger partial charge in [-0.25, -0.2) is 0 Å². The summed E-state index contributed by atoms with van der Waals surface area (Å²) >= 11 is 0. The average molecular weight is 259 g/mol. The monoisotopic (exact) mass is 259 g/mol. The number of hydrogen-bond donors (Lipinski definition) is 1. The Balaban J connectivity index is 2.21. The summed E-state index contributed by atoms with van der Waals surface area (Å²) in [6, 6.07) is 7.89. The predicted molar refractivity (Wildman–Crippen MR) is 78.1 cm³/mol. The number of aryl methyl sites for hydroxylation is 1. The van der Waals surface area contributed by atoms with Crippen LogP contribution in [0.25, 0.3) is 11.3 Å². The van der Waals surface area contributed by atoms with Gasteiger partial charge in [0.2, 0.25) is 0 Å². The molecule has 4 nitrogen and oxygen atoms in total. The van der Waals surface area contributed by atoms with Crippen molar-refractivity contribution in [2.24, 2.45) is 0 Å². The van der Waals surface area contributed by atoms with Crippen LogP contribution in [0, 0.1) is 0 Å². The molecule has 4 heteroatoms. The number of aromatic nitrogens is 2. The molecule has 1 aromatic carbocycles. The fraction of sp³-hybridized carbons (Fsp3) is 0.400. The quantitative estimate of drug-likeness (QED) is 0.896. The maximum Gasteiger partial charge on any atom is 0.119 e. The van der Waals surface area contributed by atoms with Crippen molar-refractivity contribution in [3.05, 3.63) is 30.5 Å². The van der Waals surface area contributed by atoms with Crippen LogP contribution in [0.2, 0.25) is 0 Å². The molecule has 1 heterocycles. The van der Waals surface area contributed by atoms with Gasteiger partial charge in [-0.15, -0.1) is 0 Å². The highest BCUT2D eigenvalue weighted by Gasteiger charge is 2.08. The highest BCUT2D eigenvalue weighted by Crippen LogP contribution is 2.26. The average Bonchev–Trinajstić information content (AvgIpc) is 2.71. The van der Waals surface area contributed by atoms with Gasteiger partial charge >= 0.3 is 0 Å². The lowest BCUT2D eigenvalue weighted by Gasteiger charge is -2.09. The third-order valence-corrected chi connectivity index (χ3v) is 2.74. The van der Waals surface area contributed by atoms with Crippen LogP contribution < -0.4 is 10.5 Å². The Morgan fingerprint density at radius 3 is 2.53 bits per heavy atom. The van der Waals surface area contributed by atoms with E-state index in [0.717, 1.165) is 30.0 Å². The zero-order valence-electron chi connectivity index (χ0n) is 11.8. The molecule has 0 bridgehead atoms. The Hall–Kier alpha value is -1.97. The molecule has 0 aliphatic carbocycles. The first-order valence-corrected chi connectivity index (χ1v) is 6.70. The minimum Gasteiger partial charge on any atom is -0.491 e. The zero-order chi connectivity index (χ0) is 13.8. The van der Waals surface area contributed by atoms with Crippen molar-refractivity contribution in [1.29, 1.82) is 0 Å². The van der Waals surface area contributed by atoms with Gasteiger partial charge in [-0.05, 0) is 44.5 Å². The second-order valence-electron chi connectivity index (χ2n) is 4.89. The number of nitrogens with zero attached hydrogens (tertiary/aromatic N) is 2. The fourth-order valence-electron chi connectivity index (χ4n) is 1.97. The third-order valence-electron chi connectivity index (χ3n) is 2.74. The van der Waals surface area contributed by atoms with Crippen LogP contribution in [0.3, 0.4) is 0 Å². The molecule has 0 aliphatic heterocycles. The molecule has 0 unspecified atom stereocenters. The first-order chi connectivity index (χ1) is 9.10. The second kappa shape index (κ2) is 5.78. The molecule has 0 fully saturated rings. The Morgan fingerprint density at radius 1 is 1.26 bits per heavy atom. The lowest BCUT2D eigenvalue weighted by molar-refractivity contribution is 0.242. The summed E-state index contributed by atoms with van der Waals surface area (Å²) < 4.78 is 7.51. The molecule has 0 radical (unpaired) electrons. The topological polar surface area (TPSA) is 53.1 Å². The molecular formula is C15H21N3O. The Bertz CT molecular complexity index is 529. The third kappa shape index (κ3) is 3.28. The van der Waals surface area contributed by atoms with Crippen LogP contribution in [0.4, 0.5) is 5.69 Å². The molecule has 0 aliphatic rings. The molecule has 0 amide bonds. The van der Waals surface area contributed by atoms with Gasteiger partial charge in [-0.3, -0.25) is 4.68 Å². The van der Waals surface area contributed by atoms with E-state index in [2.05, 4.69) is 12.0 Å². The summed E-state index contributed by atoms with van der Waals surface area (Å²) in [6.45, 7) is 7.03. The van der Waals surface area contributed by atoms with Crippen molar-refractivity contribution in [3.8, 4) is 17.0 Å². The van der Waals surface area contributed by atoms with Crippen molar-refractivity contribution >= 4 is 5.69 Å². The first-order valence-electron chi connectivity index (χ1n) is 6.70. The Kier molecular flexibility index (Phi) is 4.10. The maximum absolute atomic E-state index is 6.01. The van der Waals surface area contributed by atoms with Gasteiger partial charge in [0.25, 0.3) is 0 Å². The Labute approximate surface area is 114 Å². The van der Waals surface area contributed by atoms with Crippen LogP contribution in [-0.2, 0) is 6.54 Å². The molecule has 19 heavy (non-hydrogen) atoms. The molecule has 2 aromatic rings. The van der Waals surface area contributed by atoms with Gasteiger partial charge in [0, 0.05) is 18.3 Å². The van der Waals surface area contributed by atoms with Crippen molar-refractivity contribution in [2.45, 2.75) is 39.8 Å².